The lowest BCUT2D eigenvalue weighted by atomic mass is 9.96. The lowest BCUT2D eigenvalue weighted by molar-refractivity contribution is -0.131. The van der Waals surface area contributed by atoms with Crippen LogP contribution < -0.4 is 5.32 Å². The number of likely N-dealkylation sites (tertiary alicyclic amines) is 1. The summed E-state index contributed by atoms with van der Waals surface area (Å²) in [6.45, 7) is 7.12. The van der Waals surface area contributed by atoms with Crippen molar-refractivity contribution in [2.45, 2.75) is 33.2 Å². The van der Waals surface area contributed by atoms with E-state index in [4.69, 9.17) is 4.74 Å². The average Bonchev–Trinajstić information content (AvgIpc) is 2.16. The predicted octanol–water partition coefficient (Wildman–Crippen LogP) is 0.989. The molecule has 0 saturated carbocycles. The minimum atomic E-state index is -0.398. The molecule has 0 aliphatic carbocycles. The van der Waals surface area contributed by atoms with Gasteiger partial charge in [-0.3, -0.25) is 4.79 Å². The van der Waals surface area contributed by atoms with Crippen LogP contribution in [0.3, 0.4) is 0 Å². The first-order chi connectivity index (χ1) is 7.52. The first kappa shape index (κ1) is 12.8. The van der Waals surface area contributed by atoms with Gasteiger partial charge in [0.1, 0.15) is 0 Å². The highest BCUT2D eigenvalue weighted by atomic mass is 16.5. The molecule has 1 rings (SSSR count). The van der Waals surface area contributed by atoms with Crippen LogP contribution in [0.1, 0.15) is 27.2 Å². The number of rotatable bonds is 2. The standard InChI is InChI=1S/C11H20N2O3/c1-4-16-11(15)12-10-5-8(2)6-13(7-10)9(3)14/h8,10H,4-7H2,1-3H3,(H,12,15). The van der Waals surface area contributed by atoms with E-state index in [1.54, 1.807) is 18.7 Å². The molecule has 92 valence electrons. The molecule has 5 heteroatoms. The molecule has 2 amide bonds. The average molecular weight is 228 g/mol. The van der Waals surface area contributed by atoms with Crippen LogP contribution in [0.15, 0.2) is 0 Å². The van der Waals surface area contributed by atoms with E-state index >= 15 is 0 Å². The maximum Gasteiger partial charge on any atom is 0.407 e. The largest absolute Gasteiger partial charge is 0.450 e. The van der Waals surface area contributed by atoms with E-state index < -0.39 is 6.09 Å². The fourth-order valence-electron chi connectivity index (χ4n) is 2.05. The lowest BCUT2D eigenvalue weighted by Crippen LogP contribution is -2.51. The minimum Gasteiger partial charge on any atom is -0.450 e. The molecule has 1 aliphatic rings. The van der Waals surface area contributed by atoms with Gasteiger partial charge in [0.05, 0.1) is 12.6 Å². The van der Waals surface area contributed by atoms with Crippen LogP contribution >= 0.6 is 0 Å². The third-order valence-corrected chi connectivity index (χ3v) is 2.70. The third-order valence-electron chi connectivity index (χ3n) is 2.70. The second kappa shape index (κ2) is 5.72. The van der Waals surface area contributed by atoms with Crippen molar-refractivity contribution in [3.8, 4) is 0 Å². The number of carbonyl (C=O) groups excluding carboxylic acids is 2. The van der Waals surface area contributed by atoms with Gasteiger partial charge in [-0.05, 0) is 19.3 Å². The quantitative estimate of drug-likeness (QED) is 0.766. The van der Waals surface area contributed by atoms with Crippen LogP contribution in [0, 0.1) is 5.92 Å². The number of carbonyl (C=O) groups is 2. The molecule has 0 aromatic carbocycles. The van der Waals surface area contributed by atoms with Crippen molar-refractivity contribution in [1.29, 1.82) is 0 Å². The van der Waals surface area contributed by atoms with Gasteiger partial charge < -0.3 is 15.0 Å². The number of hydrogen-bond acceptors (Lipinski definition) is 3. The van der Waals surface area contributed by atoms with Crippen LogP contribution in [-0.4, -0.2) is 42.6 Å². The Hall–Kier alpha value is -1.26. The molecule has 1 fully saturated rings. The highest BCUT2D eigenvalue weighted by Crippen LogP contribution is 2.16. The van der Waals surface area contributed by atoms with Crippen molar-refractivity contribution in [2.75, 3.05) is 19.7 Å². The summed E-state index contributed by atoms with van der Waals surface area (Å²) in [6.07, 6.45) is 0.493. The van der Waals surface area contributed by atoms with Gasteiger partial charge in [0.25, 0.3) is 0 Å². The Morgan fingerprint density at radius 1 is 1.44 bits per heavy atom. The zero-order valence-corrected chi connectivity index (χ0v) is 10.2. The fourth-order valence-corrected chi connectivity index (χ4v) is 2.05. The Kier molecular flexibility index (Phi) is 4.58. The van der Waals surface area contributed by atoms with E-state index in [0.29, 0.717) is 19.1 Å². The van der Waals surface area contributed by atoms with E-state index in [2.05, 4.69) is 12.2 Å². The summed E-state index contributed by atoms with van der Waals surface area (Å²) < 4.78 is 4.82. The van der Waals surface area contributed by atoms with E-state index in [0.717, 1.165) is 13.0 Å². The summed E-state index contributed by atoms with van der Waals surface area (Å²) >= 11 is 0. The predicted molar refractivity (Wildman–Crippen MR) is 60.0 cm³/mol. The molecule has 0 radical (unpaired) electrons. The molecule has 0 aromatic heterocycles. The Bertz CT molecular complexity index is 268. The van der Waals surface area contributed by atoms with Crippen molar-refractivity contribution >= 4 is 12.0 Å². The number of amides is 2. The lowest BCUT2D eigenvalue weighted by Gasteiger charge is -2.36. The number of piperidine rings is 1. The molecule has 0 bridgehead atoms. The van der Waals surface area contributed by atoms with Crippen molar-refractivity contribution in [2.24, 2.45) is 5.92 Å². The van der Waals surface area contributed by atoms with E-state index in [-0.39, 0.29) is 11.9 Å². The second-order valence-corrected chi connectivity index (χ2v) is 4.33. The SMILES string of the molecule is CCOC(=O)NC1CC(C)CN(C(C)=O)C1. The third kappa shape index (κ3) is 3.72. The molecule has 1 aliphatic heterocycles. The molecule has 1 heterocycles. The number of alkyl carbamates (subject to hydrolysis) is 1. The molecule has 16 heavy (non-hydrogen) atoms. The zero-order valence-electron chi connectivity index (χ0n) is 10.2. The van der Waals surface area contributed by atoms with Gasteiger partial charge in [-0.15, -0.1) is 0 Å². The van der Waals surface area contributed by atoms with Crippen molar-refractivity contribution < 1.29 is 14.3 Å². The minimum absolute atomic E-state index is 0.00620. The summed E-state index contributed by atoms with van der Waals surface area (Å²) in [4.78, 5) is 24.3. The van der Waals surface area contributed by atoms with Crippen molar-refractivity contribution in [3.05, 3.63) is 0 Å². The van der Waals surface area contributed by atoms with Crippen LogP contribution in [0.25, 0.3) is 0 Å². The number of ether oxygens (including phenoxy) is 1. The maximum absolute atomic E-state index is 11.3. The molecule has 2 atom stereocenters. The Balaban J connectivity index is 2.47. The molecule has 1 saturated heterocycles. The Morgan fingerprint density at radius 2 is 2.12 bits per heavy atom. The van der Waals surface area contributed by atoms with Gasteiger partial charge in [0.15, 0.2) is 0 Å². The maximum atomic E-state index is 11.3. The topological polar surface area (TPSA) is 58.6 Å². The van der Waals surface area contributed by atoms with Gasteiger partial charge in [0.2, 0.25) is 5.91 Å². The highest BCUT2D eigenvalue weighted by molar-refractivity contribution is 5.73. The first-order valence-corrected chi connectivity index (χ1v) is 5.71. The summed E-state index contributed by atoms with van der Waals surface area (Å²) in [5.74, 6) is 0.465. The molecular weight excluding hydrogens is 208 g/mol. The number of nitrogens with one attached hydrogen (secondary N) is 1. The molecule has 5 nitrogen and oxygen atoms in total. The second-order valence-electron chi connectivity index (χ2n) is 4.33. The monoisotopic (exact) mass is 228 g/mol. The molecule has 2 unspecified atom stereocenters. The Labute approximate surface area is 96.1 Å². The number of hydrogen-bond donors (Lipinski definition) is 1. The van der Waals surface area contributed by atoms with Crippen LogP contribution in [0.4, 0.5) is 4.79 Å². The smallest absolute Gasteiger partial charge is 0.407 e. The molecular formula is C11H20N2O3. The van der Waals surface area contributed by atoms with E-state index in [1.165, 1.54) is 0 Å². The van der Waals surface area contributed by atoms with Gasteiger partial charge in [-0.2, -0.15) is 0 Å². The van der Waals surface area contributed by atoms with Gasteiger partial charge in [-0.25, -0.2) is 4.79 Å². The zero-order chi connectivity index (χ0) is 12.1. The van der Waals surface area contributed by atoms with Gasteiger partial charge in [0, 0.05) is 20.0 Å². The van der Waals surface area contributed by atoms with Crippen molar-refractivity contribution in [1.82, 2.24) is 10.2 Å². The van der Waals surface area contributed by atoms with Crippen LogP contribution in [-0.2, 0) is 9.53 Å². The van der Waals surface area contributed by atoms with Gasteiger partial charge in [-0.1, -0.05) is 6.92 Å². The van der Waals surface area contributed by atoms with E-state index in [1.807, 2.05) is 0 Å². The summed E-state index contributed by atoms with van der Waals surface area (Å²) in [7, 11) is 0. The normalized spacial score (nSPS) is 25.1. The van der Waals surface area contributed by atoms with Crippen LogP contribution in [0.2, 0.25) is 0 Å². The molecule has 0 spiro atoms. The fraction of sp³-hybridized carbons (Fsp3) is 0.818. The summed E-state index contributed by atoms with van der Waals surface area (Å²) in [6, 6.07) is 0.00620. The Morgan fingerprint density at radius 3 is 2.69 bits per heavy atom. The van der Waals surface area contributed by atoms with Crippen LogP contribution in [0.5, 0.6) is 0 Å². The highest BCUT2D eigenvalue weighted by Gasteiger charge is 2.27. The molecule has 0 aromatic rings. The van der Waals surface area contributed by atoms with Crippen molar-refractivity contribution in [3.63, 3.8) is 0 Å². The summed E-state index contributed by atoms with van der Waals surface area (Å²) in [5.41, 5.74) is 0. The number of nitrogens with zero attached hydrogens (tertiary/aromatic N) is 1. The first-order valence-electron chi connectivity index (χ1n) is 5.71. The molecule has 1 N–H and O–H groups in total. The van der Waals surface area contributed by atoms with E-state index in [9.17, 15) is 9.59 Å². The summed E-state index contributed by atoms with van der Waals surface area (Å²) in [5, 5.41) is 2.78. The van der Waals surface area contributed by atoms with Gasteiger partial charge >= 0.3 is 6.09 Å².